The summed E-state index contributed by atoms with van der Waals surface area (Å²) < 4.78 is 38.4. The summed E-state index contributed by atoms with van der Waals surface area (Å²) in [5.41, 5.74) is -0.530. The molecule has 0 spiro atoms. The molecule has 3 aromatic carbocycles. The number of amides is 3. The van der Waals surface area contributed by atoms with Crippen molar-refractivity contribution >= 4 is 46.4 Å². The van der Waals surface area contributed by atoms with E-state index in [1.54, 1.807) is 42.5 Å². The molecule has 3 aromatic rings. The minimum Gasteiger partial charge on any atom is -0.325 e. The molecule has 0 bridgehead atoms. The van der Waals surface area contributed by atoms with Crippen LogP contribution < -0.4 is 16.0 Å². The van der Waals surface area contributed by atoms with E-state index in [1.165, 1.54) is 6.07 Å². The van der Waals surface area contributed by atoms with E-state index in [-0.39, 0.29) is 10.6 Å². The molecule has 0 aromatic heterocycles. The smallest absolute Gasteiger partial charge is 0.325 e. The summed E-state index contributed by atoms with van der Waals surface area (Å²) in [6, 6.07) is 16.7. The minimum absolute atomic E-state index is 0.0684. The van der Waals surface area contributed by atoms with Crippen LogP contribution in [0.5, 0.6) is 0 Å². The molecule has 12 heteroatoms. The van der Waals surface area contributed by atoms with E-state index in [1.807, 2.05) is 6.07 Å². The third kappa shape index (κ3) is 6.97. The van der Waals surface area contributed by atoms with Crippen LogP contribution in [0, 0.1) is 10.1 Å². The van der Waals surface area contributed by atoms with Crippen molar-refractivity contribution in [3.05, 3.63) is 88.5 Å². The summed E-state index contributed by atoms with van der Waals surface area (Å²) in [5.74, 6) is -0.816. The van der Waals surface area contributed by atoms with Crippen molar-refractivity contribution in [2.45, 2.75) is 11.1 Å². The second kappa shape index (κ2) is 10.7. The molecule has 0 saturated heterocycles. The highest BCUT2D eigenvalue weighted by Crippen LogP contribution is 2.36. The molecular weight excluding hydrogens is 473 g/mol. The highest BCUT2D eigenvalue weighted by atomic mass is 32.2. The van der Waals surface area contributed by atoms with Gasteiger partial charge in [0.05, 0.1) is 21.1 Å². The number of para-hydroxylation sites is 1. The first-order valence-corrected chi connectivity index (χ1v) is 10.6. The Kier molecular flexibility index (Phi) is 7.74. The fraction of sp³-hybridized carbons (Fsp3) is 0.0909. The van der Waals surface area contributed by atoms with E-state index >= 15 is 0 Å². The van der Waals surface area contributed by atoms with Crippen molar-refractivity contribution in [3.63, 3.8) is 0 Å². The van der Waals surface area contributed by atoms with E-state index in [9.17, 15) is 32.9 Å². The van der Waals surface area contributed by atoms with Gasteiger partial charge in [-0.3, -0.25) is 14.9 Å². The SMILES string of the molecule is O=C(CSc1ccc(C(F)(F)F)cc1[N+](=O)[O-])Nc1cccc(NC(=O)Nc2ccccc2)c1. The first-order valence-electron chi connectivity index (χ1n) is 9.63. The Balaban J connectivity index is 1.59. The van der Waals surface area contributed by atoms with Gasteiger partial charge in [0.15, 0.2) is 0 Å². The van der Waals surface area contributed by atoms with E-state index in [2.05, 4.69) is 16.0 Å². The fourth-order valence-electron chi connectivity index (χ4n) is 2.79. The monoisotopic (exact) mass is 490 g/mol. The Bertz CT molecular complexity index is 1210. The van der Waals surface area contributed by atoms with Gasteiger partial charge in [0.2, 0.25) is 5.91 Å². The summed E-state index contributed by atoms with van der Waals surface area (Å²) in [5, 5.41) is 19.0. The van der Waals surface area contributed by atoms with Crippen molar-refractivity contribution in [3.8, 4) is 0 Å². The van der Waals surface area contributed by atoms with E-state index in [4.69, 9.17) is 0 Å². The van der Waals surface area contributed by atoms with Gasteiger partial charge in [-0.25, -0.2) is 4.79 Å². The Hall–Kier alpha value is -4.06. The second-order valence-corrected chi connectivity index (χ2v) is 7.82. The number of nitro benzene ring substituents is 1. The third-order valence-corrected chi connectivity index (χ3v) is 5.34. The highest BCUT2D eigenvalue weighted by Gasteiger charge is 2.33. The summed E-state index contributed by atoms with van der Waals surface area (Å²) in [6.07, 6.45) is -4.72. The lowest BCUT2D eigenvalue weighted by Crippen LogP contribution is -2.19. The molecule has 0 fully saturated rings. The quantitative estimate of drug-likeness (QED) is 0.214. The predicted octanol–water partition coefficient (Wildman–Crippen LogP) is 5.99. The minimum atomic E-state index is -4.72. The number of nitrogens with zero attached hydrogens (tertiary/aromatic N) is 1. The van der Waals surface area contributed by atoms with Crippen molar-refractivity contribution in [2.75, 3.05) is 21.7 Å². The Labute approximate surface area is 195 Å². The van der Waals surface area contributed by atoms with Gasteiger partial charge in [0.25, 0.3) is 5.69 Å². The molecule has 0 aliphatic heterocycles. The van der Waals surface area contributed by atoms with Gasteiger partial charge < -0.3 is 16.0 Å². The molecular formula is C22H17F3N4O4S. The Morgan fingerprint density at radius 3 is 2.12 bits per heavy atom. The number of anilines is 3. The summed E-state index contributed by atoms with van der Waals surface area (Å²) >= 11 is 0.737. The Morgan fingerprint density at radius 1 is 0.853 bits per heavy atom. The van der Waals surface area contributed by atoms with Crippen molar-refractivity contribution < 1.29 is 27.7 Å². The van der Waals surface area contributed by atoms with Crippen LogP contribution in [0.2, 0.25) is 0 Å². The van der Waals surface area contributed by atoms with Gasteiger partial charge in [-0.05, 0) is 42.5 Å². The maximum absolute atomic E-state index is 12.8. The van der Waals surface area contributed by atoms with Crippen LogP contribution in [0.4, 0.5) is 40.7 Å². The molecule has 0 aliphatic carbocycles. The predicted molar refractivity (Wildman–Crippen MR) is 123 cm³/mol. The number of benzene rings is 3. The average molecular weight is 490 g/mol. The molecule has 3 rings (SSSR count). The van der Waals surface area contributed by atoms with Gasteiger partial charge in [0, 0.05) is 23.1 Å². The fourth-order valence-corrected chi connectivity index (χ4v) is 3.59. The van der Waals surface area contributed by atoms with Gasteiger partial charge in [0.1, 0.15) is 0 Å². The van der Waals surface area contributed by atoms with Crippen molar-refractivity contribution in [1.82, 2.24) is 0 Å². The zero-order chi connectivity index (χ0) is 24.7. The standard InChI is InChI=1S/C22H17F3N4O4S/c23-22(24,25)14-9-10-19(18(11-14)29(32)33)34-13-20(30)26-16-7-4-8-17(12-16)28-21(31)27-15-5-2-1-3-6-15/h1-12H,13H2,(H,26,30)(H2,27,28,31). The van der Waals surface area contributed by atoms with Crippen LogP contribution in [-0.4, -0.2) is 22.6 Å². The topological polar surface area (TPSA) is 113 Å². The van der Waals surface area contributed by atoms with Gasteiger partial charge >= 0.3 is 12.2 Å². The van der Waals surface area contributed by atoms with Crippen LogP contribution in [0.1, 0.15) is 5.56 Å². The number of carbonyl (C=O) groups excluding carboxylic acids is 2. The molecule has 0 heterocycles. The van der Waals surface area contributed by atoms with Crippen molar-refractivity contribution in [1.29, 1.82) is 0 Å². The van der Waals surface area contributed by atoms with Crippen LogP contribution in [0.25, 0.3) is 0 Å². The summed E-state index contributed by atoms with van der Waals surface area (Å²) in [4.78, 5) is 34.6. The Morgan fingerprint density at radius 2 is 1.47 bits per heavy atom. The molecule has 34 heavy (non-hydrogen) atoms. The summed E-state index contributed by atoms with van der Waals surface area (Å²) in [6.45, 7) is 0. The molecule has 8 nitrogen and oxygen atoms in total. The highest BCUT2D eigenvalue weighted by molar-refractivity contribution is 8.00. The number of nitrogens with one attached hydrogen (secondary N) is 3. The molecule has 176 valence electrons. The number of urea groups is 1. The van der Waals surface area contributed by atoms with Crippen LogP contribution >= 0.6 is 11.8 Å². The second-order valence-electron chi connectivity index (χ2n) is 6.80. The molecule has 0 radical (unpaired) electrons. The molecule has 3 amide bonds. The maximum atomic E-state index is 12.8. The number of rotatable bonds is 7. The van der Waals surface area contributed by atoms with Crippen LogP contribution in [0.3, 0.4) is 0 Å². The van der Waals surface area contributed by atoms with Gasteiger partial charge in [-0.1, -0.05) is 24.3 Å². The molecule has 3 N–H and O–H groups in total. The average Bonchev–Trinajstić information content (AvgIpc) is 2.77. The molecule has 0 saturated carbocycles. The maximum Gasteiger partial charge on any atom is 0.416 e. The van der Waals surface area contributed by atoms with Crippen molar-refractivity contribution in [2.24, 2.45) is 0 Å². The zero-order valence-electron chi connectivity index (χ0n) is 17.3. The van der Waals surface area contributed by atoms with E-state index in [0.29, 0.717) is 23.1 Å². The number of carbonyl (C=O) groups is 2. The summed E-state index contributed by atoms with van der Waals surface area (Å²) in [7, 11) is 0. The van der Waals surface area contributed by atoms with E-state index < -0.39 is 34.3 Å². The molecule has 0 atom stereocenters. The first kappa shape index (κ1) is 24.6. The van der Waals surface area contributed by atoms with Crippen LogP contribution in [-0.2, 0) is 11.0 Å². The largest absolute Gasteiger partial charge is 0.416 e. The number of hydrogen-bond acceptors (Lipinski definition) is 5. The lowest BCUT2D eigenvalue weighted by molar-refractivity contribution is -0.388. The van der Waals surface area contributed by atoms with E-state index in [0.717, 1.165) is 23.9 Å². The zero-order valence-corrected chi connectivity index (χ0v) is 18.1. The number of halogens is 3. The molecule has 0 aliphatic rings. The number of thioether (sulfide) groups is 1. The van der Waals surface area contributed by atoms with Gasteiger partial charge in [-0.2, -0.15) is 13.2 Å². The lowest BCUT2D eigenvalue weighted by Gasteiger charge is -2.10. The third-order valence-electron chi connectivity index (χ3n) is 4.28. The number of hydrogen-bond donors (Lipinski definition) is 3. The first-order chi connectivity index (χ1) is 16.1. The number of nitro groups is 1. The normalized spacial score (nSPS) is 10.9. The number of alkyl halides is 3. The lowest BCUT2D eigenvalue weighted by atomic mass is 10.2. The van der Waals surface area contributed by atoms with Gasteiger partial charge in [-0.15, -0.1) is 11.8 Å². The molecule has 0 unspecified atom stereocenters. The van der Waals surface area contributed by atoms with Crippen LogP contribution in [0.15, 0.2) is 77.7 Å².